The highest BCUT2D eigenvalue weighted by atomic mass is 32.1. The van der Waals surface area contributed by atoms with Gasteiger partial charge in [-0.1, -0.05) is 18.2 Å². The van der Waals surface area contributed by atoms with Crippen molar-refractivity contribution in [2.45, 2.75) is 6.54 Å². The van der Waals surface area contributed by atoms with Crippen molar-refractivity contribution in [1.29, 1.82) is 0 Å². The fourth-order valence-corrected chi connectivity index (χ4v) is 3.62. The van der Waals surface area contributed by atoms with E-state index in [9.17, 15) is 9.18 Å². The third kappa shape index (κ3) is 4.76. The number of pyridine rings is 1. The van der Waals surface area contributed by atoms with Crippen LogP contribution in [0.2, 0.25) is 0 Å². The second kappa shape index (κ2) is 9.38. The molecule has 4 rings (SSSR count). The molecule has 4 N–H and O–H groups in total. The van der Waals surface area contributed by atoms with Crippen LogP contribution in [-0.2, 0) is 6.54 Å². The number of fused-ring (bicyclic) bond motifs is 1. The monoisotopic (exact) mass is 425 g/mol. The van der Waals surface area contributed by atoms with Gasteiger partial charge in [0.1, 0.15) is 11.5 Å². The van der Waals surface area contributed by atoms with Crippen LogP contribution in [0, 0.1) is 5.82 Å². The summed E-state index contributed by atoms with van der Waals surface area (Å²) in [5.74, 6) is -0.249. The molecule has 0 spiro atoms. The van der Waals surface area contributed by atoms with Gasteiger partial charge in [-0.05, 0) is 29.6 Å². The minimum atomic E-state index is -0.547. The van der Waals surface area contributed by atoms with E-state index in [-0.39, 0.29) is 5.82 Å². The van der Waals surface area contributed by atoms with E-state index in [1.54, 1.807) is 24.4 Å². The molecule has 3 aromatic heterocycles. The molecular weight excluding hydrogens is 405 g/mol. The van der Waals surface area contributed by atoms with Gasteiger partial charge in [0.15, 0.2) is 0 Å². The van der Waals surface area contributed by atoms with Crippen molar-refractivity contribution in [3.63, 3.8) is 0 Å². The van der Waals surface area contributed by atoms with Gasteiger partial charge in [0.2, 0.25) is 5.06 Å². The van der Waals surface area contributed by atoms with Crippen LogP contribution in [0.15, 0.2) is 60.2 Å². The number of anilines is 2. The second-order valence-corrected chi connectivity index (χ2v) is 7.31. The Bertz CT molecular complexity index is 1140. The molecule has 4 aromatic rings. The van der Waals surface area contributed by atoms with Crippen molar-refractivity contribution in [3.05, 3.63) is 71.6 Å². The lowest BCUT2D eigenvalue weighted by molar-refractivity contribution is 0.202. The molecule has 0 saturated heterocycles. The molecule has 0 aliphatic heterocycles. The van der Waals surface area contributed by atoms with Crippen molar-refractivity contribution < 1.29 is 13.9 Å². The minimum absolute atomic E-state index is 0.249. The lowest BCUT2D eigenvalue weighted by atomic mass is 10.2. The standard InChI is InChI=1S/C21H20FN5O2S/c22-16-4-2-1-3-14(16)13-23-10-11-26-21(28)29-20-18(7-12-30-20)27-17-6-9-25-19-15(17)5-8-24-19/h1-9,12,23H,10-11,13H2,(H,26,28)(H2,24,25,27). The van der Waals surface area contributed by atoms with Crippen molar-refractivity contribution in [2.24, 2.45) is 0 Å². The molecule has 9 heteroatoms. The van der Waals surface area contributed by atoms with Gasteiger partial charge in [-0.3, -0.25) is 0 Å². The summed E-state index contributed by atoms with van der Waals surface area (Å²) in [6.45, 7) is 1.24. The van der Waals surface area contributed by atoms with Crippen molar-refractivity contribution in [3.8, 4) is 5.06 Å². The third-order valence-electron chi connectivity index (χ3n) is 4.39. The Morgan fingerprint density at radius 3 is 2.93 bits per heavy atom. The van der Waals surface area contributed by atoms with E-state index in [1.165, 1.54) is 17.4 Å². The summed E-state index contributed by atoms with van der Waals surface area (Å²) in [6, 6.07) is 12.2. The molecule has 0 fully saturated rings. The summed E-state index contributed by atoms with van der Waals surface area (Å²) in [5.41, 5.74) is 2.92. The van der Waals surface area contributed by atoms with Crippen LogP contribution in [0.5, 0.6) is 5.06 Å². The zero-order valence-electron chi connectivity index (χ0n) is 15.9. The topological polar surface area (TPSA) is 91.1 Å². The zero-order valence-corrected chi connectivity index (χ0v) is 16.8. The van der Waals surface area contributed by atoms with Crippen LogP contribution in [0.1, 0.15) is 5.56 Å². The SMILES string of the molecule is O=C(NCCNCc1ccccc1F)Oc1sccc1Nc1ccnc2[nH]ccc12. The molecule has 0 aliphatic rings. The Kier molecular flexibility index (Phi) is 6.21. The lowest BCUT2D eigenvalue weighted by Crippen LogP contribution is -2.33. The first-order chi connectivity index (χ1) is 14.7. The second-order valence-electron chi connectivity index (χ2n) is 6.43. The number of benzene rings is 1. The van der Waals surface area contributed by atoms with Crippen LogP contribution in [-0.4, -0.2) is 29.2 Å². The first kappa shape index (κ1) is 19.9. The van der Waals surface area contributed by atoms with Gasteiger partial charge in [0.25, 0.3) is 0 Å². The van der Waals surface area contributed by atoms with E-state index in [2.05, 4.69) is 25.9 Å². The summed E-state index contributed by atoms with van der Waals surface area (Å²) < 4.78 is 19.0. The Morgan fingerprint density at radius 2 is 2.03 bits per heavy atom. The number of H-pyrrole nitrogens is 1. The highest BCUT2D eigenvalue weighted by molar-refractivity contribution is 7.12. The maximum Gasteiger partial charge on any atom is 0.413 e. The van der Waals surface area contributed by atoms with E-state index in [1.807, 2.05) is 29.8 Å². The smallest absolute Gasteiger partial charge is 0.397 e. The quantitative estimate of drug-likeness (QED) is 0.315. The third-order valence-corrected chi connectivity index (χ3v) is 5.18. The van der Waals surface area contributed by atoms with Crippen LogP contribution < -0.4 is 20.7 Å². The molecule has 0 bridgehead atoms. The van der Waals surface area contributed by atoms with E-state index in [0.29, 0.717) is 35.9 Å². The predicted octanol–water partition coefficient (Wildman–Crippen LogP) is 4.39. The van der Waals surface area contributed by atoms with Crippen LogP contribution in [0.4, 0.5) is 20.6 Å². The van der Waals surface area contributed by atoms with E-state index in [0.717, 1.165) is 16.7 Å². The number of aromatic nitrogens is 2. The zero-order chi connectivity index (χ0) is 20.8. The number of nitrogens with zero attached hydrogens (tertiary/aromatic N) is 1. The molecule has 1 aromatic carbocycles. The minimum Gasteiger partial charge on any atom is -0.397 e. The number of nitrogens with one attached hydrogen (secondary N) is 4. The molecule has 0 atom stereocenters. The molecule has 0 unspecified atom stereocenters. The average molecular weight is 425 g/mol. The lowest BCUT2D eigenvalue weighted by Gasteiger charge is -2.10. The normalized spacial score (nSPS) is 10.8. The molecule has 1 amide bonds. The molecule has 154 valence electrons. The van der Waals surface area contributed by atoms with E-state index in [4.69, 9.17) is 4.74 Å². The number of carbonyl (C=O) groups excluding carboxylic acids is 1. The molecule has 0 radical (unpaired) electrons. The Balaban J connectivity index is 1.26. The number of carbonyl (C=O) groups is 1. The predicted molar refractivity (Wildman–Crippen MR) is 116 cm³/mol. The number of halogens is 1. The molecule has 0 saturated carbocycles. The Labute approximate surface area is 176 Å². The summed E-state index contributed by atoms with van der Waals surface area (Å²) >= 11 is 1.32. The first-order valence-corrected chi connectivity index (χ1v) is 10.2. The molecule has 30 heavy (non-hydrogen) atoms. The number of rotatable bonds is 8. The number of hydrogen-bond acceptors (Lipinski definition) is 6. The number of ether oxygens (including phenoxy) is 1. The van der Waals surface area contributed by atoms with Crippen molar-refractivity contribution >= 4 is 39.8 Å². The van der Waals surface area contributed by atoms with Gasteiger partial charge < -0.3 is 25.7 Å². The van der Waals surface area contributed by atoms with Gasteiger partial charge in [0, 0.05) is 43.0 Å². The molecule has 3 heterocycles. The first-order valence-electron chi connectivity index (χ1n) is 9.37. The van der Waals surface area contributed by atoms with Gasteiger partial charge in [-0.15, -0.1) is 11.3 Å². The largest absolute Gasteiger partial charge is 0.413 e. The Morgan fingerprint density at radius 1 is 1.13 bits per heavy atom. The summed E-state index contributed by atoms with van der Waals surface area (Å²) in [7, 11) is 0. The van der Waals surface area contributed by atoms with Crippen LogP contribution >= 0.6 is 11.3 Å². The maximum atomic E-state index is 13.6. The van der Waals surface area contributed by atoms with Crippen molar-refractivity contribution in [1.82, 2.24) is 20.6 Å². The summed E-state index contributed by atoms with van der Waals surface area (Å²) in [4.78, 5) is 19.4. The number of thiophene rings is 1. The maximum absolute atomic E-state index is 13.6. The van der Waals surface area contributed by atoms with E-state index < -0.39 is 6.09 Å². The number of amides is 1. The molecular formula is C21H20FN5O2S. The highest BCUT2D eigenvalue weighted by Gasteiger charge is 2.12. The fraction of sp³-hybridized carbons (Fsp3) is 0.143. The average Bonchev–Trinajstić information content (AvgIpc) is 3.39. The van der Waals surface area contributed by atoms with Gasteiger partial charge in [0.05, 0.1) is 11.4 Å². The fourth-order valence-electron chi connectivity index (χ4n) is 2.92. The van der Waals surface area contributed by atoms with Crippen LogP contribution in [0.25, 0.3) is 11.0 Å². The van der Waals surface area contributed by atoms with Gasteiger partial charge in [-0.2, -0.15) is 0 Å². The molecule has 0 aliphatic carbocycles. The van der Waals surface area contributed by atoms with Crippen LogP contribution in [0.3, 0.4) is 0 Å². The van der Waals surface area contributed by atoms with Gasteiger partial charge in [-0.25, -0.2) is 14.2 Å². The van der Waals surface area contributed by atoms with Gasteiger partial charge >= 0.3 is 6.09 Å². The summed E-state index contributed by atoms with van der Waals surface area (Å²) in [5, 5.41) is 12.3. The Hall–Kier alpha value is -3.43. The summed E-state index contributed by atoms with van der Waals surface area (Å²) in [6.07, 6.45) is 2.98. The number of aromatic amines is 1. The molecule has 7 nitrogen and oxygen atoms in total. The number of hydrogen-bond donors (Lipinski definition) is 4. The van der Waals surface area contributed by atoms with E-state index >= 15 is 0 Å². The highest BCUT2D eigenvalue weighted by Crippen LogP contribution is 2.35. The van der Waals surface area contributed by atoms with Crippen molar-refractivity contribution in [2.75, 3.05) is 18.4 Å².